The number of anilines is 1. The summed E-state index contributed by atoms with van der Waals surface area (Å²) in [5, 5.41) is 5.16. The second-order valence-electron chi connectivity index (χ2n) is 7.24. The van der Waals surface area contributed by atoms with Crippen LogP contribution in [-0.2, 0) is 10.2 Å². The fraction of sp³-hybridized carbons (Fsp3) is 0.238. The third-order valence-corrected chi connectivity index (χ3v) is 4.95. The summed E-state index contributed by atoms with van der Waals surface area (Å²) >= 11 is 1.35. The number of pyridine rings is 1. The Morgan fingerprint density at radius 2 is 1.79 bits per heavy atom. The molecular weight excluding hydrogens is 374 g/mol. The minimum Gasteiger partial charge on any atom is -0.464 e. The zero-order valence-corrected chi connectivity index (χ0v) is 17.0. The van der Waals surface area contributed by atoms with Gasteiger partial charge in [-0.3, -0.25) is 10.1 Å². The van der Waals surface area contributed by atoms with Gasteiger partial charge in [-0.2, -0.15) is 0 Å². The summed E-state index contributed by atoms with van der Waals surface area (Å²) in [5.41, 5.74) is 3.63. The van der Waals surface area contributed by atoms with Crippen molar-refractivity contribution >= 4 is 28.3 Å². The van der Waals surface area contributed by atoms with Gasteiger partial charge in [-0.1, -0.05) is 45.0 Å². The molecular formula is C21H21N3O3S. The molecule has 0 fully saturated rings. The van der Waals surface area contributed by atoms with E-state index in [-0.39, 0.29) is 17.0 Å². The van der Waals surface area contributed by atoms with E-state index in [1.54, 1.807) is 0 Å². The molecule has 28 heavy (non-hydrogen) atoms. The molecule has 0 saturated carbocycles. The van der Waals surface area contributed by atoms with Gasteiger partial charge in [0.2, 0.25) is 0 Å². The van der Waals surface area contributed by atoms with Crippen LogP contribution >= 0.6 is 11.3 Å². The van der Waals surface area contributed by atoms with Crippen molar-refractivity contribution in [2.24, 2.45) is 0 Å². The van der Waals surface area contributed by atoms with E-state index in [0.29, 0.717) is 10.7 Å². The molecule has 0 aliphatic rings. The average molecular weight is 395 g/mol. The van der Waals surface area contributed by atoms with E-state index in [4.69, 9.17) is 0 Å². The summed E-state index contributed by atoms with van der Waals surface area (Å²) in [6.45, 7) is 6.52. The first-order valence-corrected chi connectivity index (χ1v) is 9.58. The minimum atomic E-state index is -0.547. The first-order valence-electron chi connectivity index (χ1n) is 8.70. The Bertz CT molecular complexity index is 987. The van der Waals surface area contributed by atoms with Gasteiger partial charge in [0.25, 0.3) is 5.91 Å². The topological polar surface area (TPSA) is 81.2 Å². The second-order valence-corrected chi connectivity index (χ2v) is 8.10. The van der Waals surface area contributed by atoms with Crippen molar-refractivity contribution in [1.82, 2.24) is 9.97 Å². The van der Waals surface area contributed by atoms with Crippen LogP contribution < -0.4 is 5.32 Å². The molecule has 6 nitrogen and oxygen atoms in total. The lowest BCUT2D eigenvalue weighted by Gasteiger charge is -2.18. The summed E-state index contributed by atoms with van der Waals surface area (Å²) in [6.07, 6.45) is 1.33. The van der Waals surface area contributed by atoms with Gasteiger partial charge in [0, 0.05) is 17.1 Å². The molecule has 0 unspecified atom stereocenters. The number of hydrogen-bond donors (Lipinski definition) is 1. The van der Waals surface area contributed by atoms with E-state index >= 15 is 0 Å². The molecule has 0 bridgehead atoms. The number of thiazole rings is 1. The van der Waals surface area contributed by atoms with Crippen LogP contribution in [0, 0.1) is 0 Å². The Morgan fingerprint density at radius 1 is 1.07 bits per heavy atom. The van der Waals surface area contributed by atoms with E-state index < -0.39 is 5.97 Å². The van der Waals surface area contributed by atoms with Gasteiger partial charge in [-0.05, 0) is 23.1 Å². The van der Waals surface area contributed by atoms with Crippen LogP contribution in [0.3, 0.4) is 0 Å². The summed E-state index contributed by atoms with van der Waals surface area (Å²) in [4.78, 5) is 32.2. The average Bonchev–Trinajstić information content (AvgIpc) is 3.15. The van der Waals surface area contributed by atoms with Crippen LogP contribution in [0.15, 0.2) is 48.0 Å². The summed E-state index contributed by atoms with van der Waals surface area (Å²) in [6, 6.07) is 11.2. The Hall–Kier alpha value is -3.06. The summed E-state index contributed by atoms with van der Waals surface area (Å²) in [5.74, 6) is -0.887. The Balaban J connectivity index is 1.70. The number of ether oxygens (including phenoxy) is 1. The van der Waals surface area contributed by atoms with Crippen molar-refractivity contribution in [2.75, 3.05) is 12.4 Å². The number of nitrogens with one attached hydrogen (secondary N) is 1. The molecule has 0 aliphatic heterocycles. The molecule has 3 rings (SSSR count). The highest BCUT2D eigenvalue weighted by atomic mass is 32.1. The fourth-order valence-corrected chi connectivity index (χ4v) is 3.24. The molecule has 144 valence electrons. The lowest BCUT2D eigenvalue weighted by atomic mass is 9.86. The van der Waals surface area contributed by atoms with E-state index in [1.165, 1.54) is 42.3 Å². The Morgan fingerprint density at radius 3 is 2.36 bits per heavy atom. The molecule has 0 aliphatic carbocycles. The van der Waals surface area contributed by atoms with Crippen molar-refractivity contribution in [3.8, 4) is 11.3 Å². The van der Waals surface area contributed by atoms with E-state index in [2.05, 4.69) is 52.9 Å². The monoisotopic (exact) mass is 395 g/mol. The zero-order chi connectivity index (χ0) is 20.3. The maximum atomic E-state index is 12.4. The number of aromatic nitrogens is 2. The third-order valence-electron chi connectivity index (χ3n) is 4.19. The largest absolute Gasteiger partial charge is 0.464 e. The third kappa shape index (κ3) is 4.43. The molecule has 1 aromatic carbocycles. The number of hydrogen-bond acceptors (Lipinski definition) is 6. The van der Waals surface area contributed by atoms with Gasteiger partial charge in [0.1, 0.15) is 5.69 Å². The highest BCUT2D eigenvalue weighted by molar-refractivity contribution is 7.14. The van der Waals surface area contributed by atoms with Crippen molar-refractivity contribution in [1.29, 1.82) is 0 Å². The molecule has 7 heteroatoms. The molecule has 2 heterocycles. The first kappa shape index (κ1) is 19.7. The number of nitrogens with zero attached hydrogens (tertiary/aromatic N) is 2. The first-order chi connectivity index (χ1) is 13.3. The Labute approximate surface area is 167 Å². The molecule has 2 aromatic heterocycles. The lowest BCUT2D eigenvalue weighted by Crippen LogP contribution is -2.13. The summed E-state index contributed by atoms with van der Waals surface area (Å²) < 4.78 is 4.59. The molecule has 3 aromatic rings. The molecule has 1 N–H and O–H groups in total. The van der Waals surface area contributed by atoms with E-state index in [9.17, 15) is 9.59 Å². The van der Waals surface area contributed by atoms with Gasteiger partial charge in [0.15, 0.2) is 5.13 Å². The standard InChI is InChI=1S/C21H21N3O3S/c1-21(2,3)15-8-5-13(6-9-15)17-12-28-20(23-17)24-18(25)14-7-10-16(22-11-14)19(26)27-4/h5-12H,1-4H3,(H,23,24,25). The van der Waals surface area contributed by atoms with Gasteiger partial charge in [-0.15, -0.1) is 11.3 Å². The number of rotatable bonds is 4. The number of esters is 1. The number of carbonyl (C=O) groups excluding carboxylic acids is 2. The van der Waals surface area contributed by atoms with Crippen molar-refractivity contribution < 1.29 is 14.3 Å². The Kier molecular flexibility index (Phi) is 5.56. The molecule has 0 atom stereocenters. The summed E-state index contributed by atoms with van der Waals surface area (Å²) in [7, 11) is 1.28. The van der Waals surface area contributed by atoms with Crippen LogP contribution in [0.2, 0.25) is 0 Å². The van der Waals surface area contributed by atoms with Crippen LogP contribution in [0.1, 0.15) is 47.2 Å². The quantitative estimate of drug-likeness (QED) is 0.656. The van der Waals surface area contributed by atoms with Crippen LogP contribution in [0.25, 0.3) is 11.3 Å². The van der Waals surface area contributed by atoms with Crippen molar-refractivity contribution in [3.05, 3.63) is 64.8 Å². The van der Waals surface area contributed by atoms with E-state index in [0.717, 1.165) is 11.3 Å². The highest BCUT2D eigenvalue weighted by Crippen LogP contribution is 2.28. The highest BCUT2D eigenvalue weighted by Gasteiger charge is 2.15. The molecule has 1 amide bonds. The zero-order valence-electron chi connectivity index (χ0n) is 16.1. The SMILES string of the molecule is COC(=O)c1ccc(C(=O)Nc2nc(-c3ccc(C(C)(C)C)cc3)cs2)cn1. The van der Waals surface area contributed by atoms with E-state index in [1.807, 2.05) is 17.5 Å². The fourth-order valence-electron chi connectivity index (χ4n) is 2.53. The van der Waals surface area contributed by atoms with Crippen LogP contribution in [-0.4, -0.2) is 29.0 Å². The smallest absolute Gasteiger partial charge is 0.356 e. The number of amides is 1. The number of methoxy groups -OCH3 is 1. The maximum absolute atomic E-state index is 12.4. The predicted octanol–water partition coefficient (Wildman–Crippen LogP) is 4.54. The normalized spacial score (nSPS) is 11.1. The molecule has 0 spiro atoms. The van der Waals surface area contributed by atoms with Crippen molar-refractivity contribution in [3.63, 3.8) is 0 Å². The van der Waals surface area contributed by atoms with Gasteiger partial charge < -0.3 is 4.74 Å². The number of carbonyl (C=O) groups is 2. The van der Waals surface area contributed by atoms with Gasteiger partial charge in [0.05, 0.1) is 18.4 Å². The van der Waals surface area contributed by atoms with Gasteiger partial charge >= 0.3 is 5.97 Å². The van der Waals surface area contributed by atoms with Crippen LogP contribution in [0.4, 0.5) is 5.13 Å². The molecule has 0 radical (unpaired) electrons. The van der Waals surface area contributed by atoms with Crippen LogP contribution in [0.5, 0.6) is 0 Å². The molecule has 0 saturated heterocycles. The second kappa shape index (κ2) is 7.90. The van der Waals surface area contributed by atoms with Gasteiger partial charge in [-0.25, -0.2) is 14.8 Å². The minimum absolute atomic E-state index is 0.0944. The number of benzene rings is 1. The predicted molar refractivity (Wildman–Crippen MR) is 110 cm³/mol. The lowest BCUT2D eigenvalue weighted by molar-refractivity contribution is 0.0593. The van der Waals surface area contributed by atoms with Crippen molar-refractivity contribution in [2.45, 2.75) is 26.2 Å². The maximum Gasteiger partial charge on any atom is 0.356 e.